The van der Waals surface area contributed by atoms with Gasteiger partial charge in [-0.1, -0.05) is 0 Å². The largest absolute Gasteiger partial charge is 0.496 e. The minimum absolute atomic E-state index is 0.00308. The monoisotopic (exact) mass is 294 g/mol. The number of ether oxygens (including phenoxy) is 1. The van der Waals surface area contributed by atoms with E-state index in [9.17, 15) is 19.7 Å². The van der Waals surface area contributed by atoms with Gasteiger partial charge < -0.3 is 15.2 Å². The number of nitro benzene ring substituents is 1. The summed E-state index contributed by atoms with van der Waals surface area (Å²) in [5.41, 5.74) is -1.20. The molecule has 1 aromatic carbocycles. The predicted molar refractivity (Wildman–Crippen MR) is 71.5 cm³/mol. The number of aliphatic carboxylic acids is 1. The molecule has 0 unspecified atom stereocenters. The highest BCUT2D eigenvalue weighted by Gasteiger charge is 2.51. The summed E-state index contributed by atoms with van der Waals surface area (Å²) in [5.74, 6) is -1.57. The number of rotatable bonds is 5. The molecular weight excluding hydrogens is 280 g/mol. The summed E-state index contributed by atoms with van der Waals surface area (Å²) in [4.78, 5) is 33.5. The summed E-state index contributed by atoms with van der Waals surface area (Å²) >= 11 is 0. The van der Waals surface area contributed by atoms with E-state index in [0.717, 1.165) is 6.07 Å². The summed E-state index contributed by atoms with van der Waals surface area (Å²) in [6.45, 7) is 1.51. The van der Waals surface area contributed by atoms with Crippen molar-refractivity contribution < 1.29 is 24.4 Å². The van der Waals surface area contributed by atoms with Crippen LogP contribution in [0.5, 0.6) is 5.75 Å². The van der Waals surface area contributed by atoms with Gasteiger partial charge in [-0.15, -0.1) is 0 Å². The summed E-state index contributed by atoms with van der Waals surface area (Å²) in [6, 6.07) is 2.47. The average molecular weight is 294 g/mol. The zero-order chi connectivity index (χ0) is 15.8. The lowest BCUT2D eigenvalue weighted by Crippen LogP contribution is -2.43. The average Bonchev–Trinajstić information content (AvgIpc) is 3.19. The van der Waals surface area contributed by atoms with Crippen LogP contribution in [-0.2, 0) is 4.79 Å². The van der Waals surface area contributed by atoms with Crippen molar-refractivity contribution in [3.8, 4) is 5.75 Å². The molecule has 0 aliphatic heterocycles. The van der Waals surface area contributed by atoms with Crippen molar-refractivity contribution in [2.75, 3.05) is 7.11 Å². The van der Waals surface area contributed by atoms with Gasteiger partial charge in [0.1, 0.15) is 11.3 Å². The third kappa shape index (κ3) is 2.64. The normalized spacial score (nSPS) is 15.1. The number of nitro groups is 1. The Labute approximate surface area is 119 Å². The summed E-state index contributed by atoms with van der Waals surface area (Å²) in [7, 11) is 1.34. The molecule has 1 aliphatic carbocycles. The topological polar surface area (TPSA) is 119 Å². The molecule has 1 saturated carbocycles. The number of benzene rings is 1. The third-order valence-electron chi connectivity index (χ3n) is 3.52. The van der Waals surface area contributed by atoms with Crippen molar-refractivity contribution in [1.82, 2.24) is 5.32 Å². The van der Waals surface area contributed by atoms with E-state index in [1.807, 2.05) is 0 Å². The van der Waals surface area contributed by atoms with Crippen molar-refractivity contribution >= 4 is 17.6 Å². The quantitative estimate of drug-likeness (QED) is 0.623. The number of carboxylic acids is 1. The van der Waals surface area contributed by atoms with E-state index >= 15 is 0 Å². The highest BCUT2D eigenvalue weighted by atomic mass is 16.6. The van der Waals surface area contributed by atoms with E-state index in [0.29, 0.717) is 18.4 Å². The van der Waals surface area contributed by atoms with Gasteiger partial charge in [0, 0.05) is 11.6 Å². The Balaban J connectivity index is 2.35. The van der Waals surface area contributed by atoms with Crippen LogP contribution in [0.2, 0.25) is 0 Å². The second kappa shape index (κ2) is 5.04. The summed E-state index contributed by atoms with van der Waals surface area (Å²) in [6.07, 6.45) is 0.693. The number of carbonyl (C=O) groups is 2. The Bertz CT molecular complexity index is 636. The Morgan fingerprint density at radius 3 is 2.48 bits per heavy atom. The van der Waals surface area contributed by atoms with E-state index in [-0.39, 0.29) is 17.0 Å². The van der Waals surface area contributed by atoms with E-state index in [1.165, 1.54) is 20.1 Å². The fourth-order valence-electron chi connectivity index (χ4n) is 2.01. The van der Waals surface area contributed by atoms with Crippen molar-refractivity contribution in [2.24, 2.45) is 0 Å². The summed E-state index contributed by atoms with van der Waals surface area (Å²) in [5, 5.41) is 22.4. The zero-order valence-corrected chi connectivity index (χ0v) is 11.5. The number of nitrogens with one attached hydrogen (secondary N) is 1. The smallest absolute Gasteiger partial charge is 0.329 e. The molecule has 0 radical (unpaired) electrons. The van der Waals surface area contributed by atoms with E-state index in [1.54, 1.807) is 0 Å². The van der Waals surface area contributed by atoms with E-state index < -0.39 is 22.3 Å². The third-order valence-corrected chi connectivity index (χ3v) is 3.52. The lowest BCUT2D eigenvalue weighted by molar-refractivity contribution is -0.385. The van der Waals surface area contributed by atoms with Crippen molar-refractivity contribution in [3.05, 3.63) is 33.4 Å². The van der Waals surface area contributed by atoms with Crippen LogP contribution >= 0.6 is 0 Å². The van der Waals surface area contributed by atoms with Gasteiger partial charge in [-0.3, -0.25) is 14.9 Å². The van der Waals surface area contributed by atoms with Gasteiger partial charge in [0.05, 0.1) is 17.6 Å². The standard InChI is InChI=1S/C13H14N2O6/c1-7-9(15(19)20)5-8(6-10(7)21-2)11(16)14-13(3-4-13)12(17)18/h5-6H,3-4H2,1-2H3,(H,14,16)(H,17,18). The first kappa shape index (κ1) is 14.8. The highest BCUT2D eigenvalue weighted by molar-refractivity contribution is 5.99. The van der Waals surface area contributed by atoms with Crippen LogP contribution in [0.1, 0.15) is 28.8 Å². The van der Waals surface area contributed by atoms with Gasteiger partial charge in [-0.05, 0) is 25.8 Å². The van der Waals surface area contributed by atoms with Crippen LogP contribution in [0.4, 0.5) is 5.69 Å². The van der Waals surface area contributed by atoms with Crippen LogP contribution in [0, 0.1) is 17.0 Å². The molecule has 0 saturated heterocycles. The zero-order valence-electron chi connectivity index (χ0n) is 11.5. The van der Waals surface area contributed by atoms with Crippen LogP contribution in [0.3, 0.4) is 0 Å². The number of nitrogens with zero attached hydrogens (tertiary/aromatic N) is 1. The number of amides is 1. The van der Waals surface area contributed by atoms with Gasteiger partial charge in [-0.2, -0.15) is 0 Å². The van der Waals surface area contributed by atoms with E-state index in [4.69, 9.17) is 9.84 Å². The Morgan fingerprint density at radius 1 is 1.43 bits per heavy atom. The lowest BCUT2D eigenvalue weighted by atomic mass is 10.1. The maximum atomic E-state index is 12.1. The molecule has 1 aromatic rings. The first-order valence-electron chi connectivity index (χ1n) is 6.19. The van der Waals surface area contributed by atoms with Crippen molar-refractivity contribution in [2.45, 2.75) is 25.3 Å². The molecule has 1 amide bonds. The molecule has 1 aliphatic rings. The maximum absolute atomic E-state index is 12.1. The van der Waals surface area contributed by atoms with Crippen molar-refractivity contribution in [3.63, 3.8) is 0 Å². The van der Waals surface area contributed by atoms with Gasteiger partial charge in [-0.25, -0.2) is 4.79 Å². The molecule has 0 spiro atoms. The van der Waals surface area contributed by atoms with Crippen LogP contribution in [-0.4, -0.2) is 34.6 Å². The van der Waals surface area contributed by atoms with Gasteiger partial charge >= 0.3 is 5.97 Å². The molecule has 21 heavy (non-hydrogen) atoms. The molecule has 8 nitrogen and oxygen atoms in total. The summed E-state index contributed by atoms with van der Waals surface area (Å²) < 4.78 is 5.02. The van der Waals surface area contributed by atoms with Crippen molar-refractivity contribution in [1.29, 1.82) is 0 Å². The highest BCUT2D eigenvalue weighted by Crippen LogP contribution is 2.36. The first-order valence-corrected chi connectivity index (χ1v) is 6.19. The molecule has 0 aromatic heterocycles. The number of carbonyl (C=O) groups excluding carboxylic acids is 1. The molecule has 112 valence electrons. The number of methoxy groups -OCH3 is 1. The van der Waals surface area contributed by atoms with Crippen LogP contribution in [0.15, 0.2) is 12.1 Å². The molecular formula is C13H14N2O6. The SMILES string of the molecule is COc1cc(C(=O)NC2(C(=O)O)CC2)cc([N+](=O)[O-])c1C. The second-order valence-electron chi connectivity index (χ2n) is 4.92. The predicted octanol–water partition coefficient (Wildman–Crippen LogP) is 1.26. The lowest BCUT2D eigenvalue weighted by Gasteiger charge is -2.13. The molecule has 8 heteroatoms. The van der Waals surface area contributed by atoms with Crippen LogP contribution < -0.4 is 10.1 Å². The van der Waals surface area contributed by atoms with Crippen LogP contribution in [0.25, 0.3) is 0 Å². The Morgan fingerprint density at radius 2 is 2.05 bits per heavy atom. The number of carboxylic acid groups (broad SMARTS) is 1. The number of hydrogen-bond acceptors (Lipinski definition) is 5. The van der Waals surface area contributed by atoms with Gasteiger partial charge in [0.2, 0.25) is 0 Å². The Kier molecular flexibility index (Phi) is 3.54. The molecule has 0 heterocycles. The van der Waals surface area contributed by atoms with Gasteiger partial charge in [0.15, 0.2) is 0 Å². The minimum Gasteiger partial charge on any atom is -0.496 e. The number of hydrogen-bond donors (Lipinski definition) is 2. The molecule has 2 rings (SSSR count). The molecule has 0 bridgehead atoms. The second-order valence-corrected chi connectivity index (χ2v) is 4.92. The fourth-order valence-corrected chi connectivity index (χ4v) is 2.01. The Hall–Kier alpha value is -2.64. The molecule has 2 N–H and O–H groups in total. The molecule has 0 atom stereocenters. The van der Waals surface area contributed by atoms with Gasteiger partial charge in [0.25, 0.3) is 11.6 Å². The fraction of sp³-hybridized carbons (Fsp3) is 0.385. The van der Waals surface area contributed by atoms with E-state index in [2.05, 4.69) is 5.32 Å². The maximum Gasteiger partial charge on any atom is 0.329 e. The minimum atomic E-state index is -1.25. The first-order chi connectivity index (χ1) is 9.80. The molecule has 1 fully saturated rings.